The van der Waals surface area contributed by atoms with E-state index in [-0.39, 0.29) is 22.2 Å². The van der Waals surface area contributed by atoms with Crippen LogP contribution >= 0.6 is 11.3 Å². The Bertz CT molecular complexity index is 412. The minimum atomic E-state index is -4.24. The van der Waals surface area contributed by atoms with Gasteiger partial charge in [-0.25, -0.2) is 9.78 Å². The molecule has 0 aliphatic rings. The molecule has 17 heavy (non-hydrogen) atoms. The van der Waals surface area contributed by atoms with Crippen molar-refractivity contribution >= 4 is 17.3 Å². The first-order valence-electron chi connectivity index (χ1n) is 5.00. The fourth-order valence-electron chi connectivity index (χ4n) is 1.28. The zero-order chi connectivity index (χ0) is 13.2. The van der Waals surface area contributed by atoms with Crippen LogP contribution in [0.25, 0.3) is 0 Å². The number of carboxylic acids is 1. The normalized spacial score (nSPS) is 12.1. The van der Waals surface area contributed by atoms with E-state index in [9.17, 15) is 18.0 Å². The van der Waals surface area contributed by atoms with Crippen molar-refractivity contribution in [1.82, 2.24) is 4.98 Å². The average molecular weight is 267 g/mol. The van der Waals surface area contributed by atoms with Gasteiger partial charge in [0.2, 0.25) is 0 Å². The maximum absolute atomic E-state index is 12.0. The molecule has 0 aromatic carbocycles. The number of halogens is 3. The smallest absolute Gasteiger partial charge is 0.389 e. The number of aromatic nitrogens is 1. The van der Waals surface area contributed by atoms with Crippen LogP contribution in [0.15, 0.2) is 0 Å². The van der Waals surface area contributed by atoms with Crippen molar-refractivity contribution < 1.29 is 23.1 Å². The molecule has 0 atom stereocenters. The van der Waals surface area contributed by atoms with Crippen LogP contribution in [0.3, 0.4) is 0 Å². The Hall–Kier alpha value is -1.11. The summed E-state index contributed by atoms with van der Waals surface area (Å²) in [6.45, 7) is 3.52. The molecule has 96 valence electrons. The number of nitrogens with zero attached hydrogens (tertiary/aromatic N) is 1. The number of carboxylic acid groups (broad SMARTS) is 1. The molecule has 0 spiro atoms. The summed E-state index contributed by atoms with van der Waals surface area (Å²) in [5, 5.41) is 9.13. The van der Waals surface area contributed by atoms with Crippen molar-refractivity contribution in [1.29, 1.82) is 0 Å². The van der Waals surface area contributed by atoms with Crippen LogP contribution in [0.2, 0.25) is 0 Å². The number of alkyl halides is 3. The van der Waals surface area contributed by atoms with Gasteiger partial charge >= 0.3 is 12.1 Å². The van der Waals surface area contributed by atoms with Crippen molar-refractivity contribution in [2.75, 3.05) is 0 Å². The number of hydrogen-bond donors (Lipinski definition) is 1. The average Bonchev–Trinajstić information content (AvgIpc) is 2.57. The second-order valence-corrected chi connectivity index (χ2v) is 4.98. The van der Waals surface area contributed by atoms with Gasteiger partial charge in [-0.1, -0.05) is 13.8 Å². The van der Waals surface area contributed by atoms with E-state index in [0.717, 1.165) is 11.3 Å². The number of rotatable bonds is 4. The Balaban J connectivity index is 2.89. The first-order chi connectivity index (χ1) is 7.70. The second-order valence-electron chi connectivity index (χ2n) is 3.90. The van der Waals surface area contributed by atoms with Crippen LogP contribution in [0.4, 0.5) is 13.2 Å². The van der Waals surface area contributed by atoms with E-state index in [1.807, 2.05) is 0 Å². The van der Waals surface area contributed by atoms with Crippen molar-refractivity contribution in [3.63, 3.8) is 0 Å². The number of aryl methyl sites for hydroxylation is 1. The molecule has 0 aliphatic carbocycles. The molecule has 7 heteroatoms. The number of carbonyl (C=O) groups is 1. The fraction of sp³-hybridized carbons (Fsp3) is 0.600. The van der Waals surface area contributed by atoms with Gasteiger partial charge in [0.25, 0.3) is 0 Å². The highest BCUT2D eigenvalue weighted by Gasteiger charge is 2.28. The van der Waals surface area contributed by atoms with E-state index < -0.39 is 18.6 Å². The largest absolute Gasteiger partial charge is 0.477 e. The number of hydrogen-bond acceptors (Lipinski definition) is 3. The molecule has 0 bridgehead atoms. The summed E-state index contributed by atoms with van der Waals surface area (Å²) >= 11 is 0.826. The molecule has 1 rings (SSSR count). The zero-order valence-electron chi connectivity index (χ0n) is 9.34. The third kappa shape index (κ3) is 3.99. The molecule has 0 aliphatic heterocycles. The van der Waals surface area contributed by atoms with Crippen LogP contribution in [0.1, 0.15) is 46.6 Å². The predicted molar refractivity (Wildman–Crippen MR) is 57.5 cm³/mol. The molecular weight excluding hydrogens is 255 g/mol. The molecule has 0 saturated carbocycles. The molecule has 0 fully saturated rings. The Labute approximate surface area is 100 Å². The van der Waals surface area contributed by atoms with E-state index in [2.05, 4.69) is 4.98 Å². The van der Waals surface area contributed by atoms with E-state index in [1.54, 1.807) is 13.8 Å². The summed E-state index contributed by atoms with van der Waals surface area (Å²) in [7, 11) is 0. The lowest BCUT2D eigenvalue weighted by Crippen LogP contribution is -2.08. The summed E-state index contributed by atoms with van der Waals surface area (Å²) in [6, 6.07) is 0. The van der Waals surface area contributed by atoms with Gasteiger partial charge in [0, 0.05) is 12.8 Å². The fourth-order valence-corrected chi connectivity index (χ4v) is 2.34. The van der Waals surface area contributed by atoms with Crippen molar-refractivity contribution in [2.45, 2.75) is 38.8 Å². The quantitative estimate of drug-likeness (QED) is 0.908. The highest BCUT2D eigenvalue weighted by Crippen LogP contribution is 2.28. The second kappa shape index (κ2) is 5.03. The highest BCUT2D eigenvalue weighted by molar-refractivity contribution is 7.13. The summed E-state index contributed by atoms with van der Waals surface area (Å²) in [5.74, 6) is -1.25. The Kier molecular flexibility index (Phi) is 4.13. The molecule has 0 radical (unpaired) electrons. The van der Waals surface area contributed by atoms with Gasteiger partial charge in [0.15, 0.2) is 0 Å². The summed E-state index contributed by atoms with van der Waals surface area (Å²) in [4.78, 5) is 14.9. The van der Waals surface area contributed by atoms with Gasteiger partial charge in [-0.05, 0) is 5.92 Å². The topological polar surface area (TPSA) is 50.2 Å². The zero-order valence-corrected chi connectivity index (χ0v) is 10.2. The Morgan fingerprint density at radius 1 is 1.47 bits per heavy atom. The lowest BCUT2D eigenvalue weighted by Gasteiger charge is -2.03. The molecule has 0 unspecified atom stereocenters. The van der Waals surface area contributed by atoms with Crippen LogP contribution < -0.4 is 0 Å². The Morgan fingerprint density at radius 3 is 2.41 bits per heavy atom. The van der Waals surface area contributed by atoms with Crippen LogP contribution in [-0.4, -0.2) is 22.2 Å². The van der Waals surface area contributed by atoms with Crippen molar-refractivity contribution in [3.8, 4) is 0 Å². The van der Waals surface area contributed by atoms with E-state index in [0.29, 0.717) is 5.69 Å². The van der Waals surface area contributed by atoms with Gasteiger partial charge in [0.1, 0.15) is 4.88 Å². The molecular formula is C10H12F3NO2S. The van der Waals surface area contributed by atoms with E-state index in [1.165, 1.54) is 0 Å². The molecule has 1 aromatic heterocycles. The highest BCUT2D eigenvalue weighted by atomic mass is 32.1. The molecule has 1 N–H and O–H groups in total. The summed E-state index contributed by atoms with van der Waals surface area (Å²) < 4.78 is 36.1. The lowest BCUT2D eigenvalue weighted by atomic mass is 10.1. The van der Waals surface area contributed by atoms with Crippen molar-refractivity contribution in [3.05, 3.63) is 15.6 Å². The van der Waals surface area contributed by atoms with E-state index in [4.69, 9.17) is 5.11 Å². The molecule has 3 nitrogen and oxygen atoms in total. The Morgan fingerprint density at radius 2 is 2.06 bits per heavy atom. The third-order valence-corrected chi connectivity index (χ3v) is 3.18. The molecule has 0 saturated heterocycles. The van der Waals surface area contributed by atoms with Gasteiger partial charge in [-0.3, -0.25) is 0 Å². The van der Waals surface area contributed by atoms with Crippen LogP contribution in [0, 0.1) is 0 Å². The minimum absolute atomic E-state index is 0.0391. The van der Waals surface area contributed by atoms with Gasteiger partial charge in [0.05, 0.1) is 10.7 Å². The maximum atomic E-state index is 12.0. The van der Waals surface area contributed by atoms with Crippen LogP contribution in [-0.2, 0) is 6.42 Å². The lowest BCUT2D eigenvalue weighted by molar-refractivity contribution is -0.134. The first-order valence-corrected chi connectivity index (χ1v) is 5.82. The number of thiazole rings is 1. The molecule has 1 heterocycles. The molecule has 0 amide bonds. The number of aromatic carboxylic acids is 1. The van der Waals surface area contributed by atoms with Gasteiger partial charge < -0.3 is 5.11 Å². The van der Waals surface area contributed by atoms with Crippen LogP contribution in [0.5, 0.6) is 0 Å². The predicted octanol–water partition coefficient (Wildman–Crippen LogP) is 3.46. The first kappa shape index (κ1) is 14.0. The third-order valence-electron chi connectivity index (χ3n) is 2.06. The monoisotopic (exact) mass is 267 g/mol. The van der Waals surface area contributed by atoms with E-state index >= 15 is 0 Å². The summed E-state index contributed by atoms with van der Waals surface area (Å²) in [5.41, 5.74) is 0.361. The summed E-state index contributed by atoms with van der Waals surface area (Å²) in [6.07, 6.45) is -5.48. The minimum Gasteiger partial charge on any atom is -0.477 e. The standard InChI is InChI=1S/C10H12F3NO2S/c1-5(2)7-8(9(15)16)17-6(14-7)3-4-10(11,12)13/h5H,3-4H2,1-2H3,(H,15,16). The van der Waals surface area contributed by atoms with Gasteiger partial charge in [-0.15, -0.1) is 11.3 Å². The molecule has 1 aromatic rings. The SMILES string of the molecule is CC(C)c1nc(CCC(F)(F)F)sc1C(=O)O. The van der Waals surface area contributed by atoms with Crippen molar-refractivity contribution in [2.24, 2.45) is 0 Å². The maximum Gasteiger partial charge on any atom is 0.389 e. The van der Waals surface area contributed by atoms with Gasteiger partial charge in [-0.2, -0.15) is 13.2 Å².